The van der Waals surface area contributed by atoms with Crippen LogP contribution in [-0.2, 0) is 10.5 Å². The van der Waals surface area contributed by atoms with Crippen molar-refractivity contribution in [3.05, 3.63) is 69.2 Å². The van der Waals surface area contributed by atoms with E-state index in [-0.39, 0.29) is 5.91 Å². The summed E-state index contributed by atoms with van der Waals surface area (Å²) < 4.78 is 1.78. The van der Waals surface area contributed by atoms with Crippen LogP contribution in [0.25, 0.3) is 5.69 Å². The van der Waals surface area contributed by atoms with E-state index in [1.165, 1.54) is 28.7 Å². The molecule has 2 aromatic heterocycles. The Bertz CT molecular complexity index is 1280. The van der Waals surface area contributed by atoms with Gasteiger partial charge in [0.2, 0.25) is 11.1 Å². The third-order valence-corrected chi connectivity index (χ3v) is 7.17. The van der Waals surface area contributed by atoms with Crippen LogP contribution in [0.4, 0.5) is 10.8 Å². The molecule has 9 heteroatoms. The minimum Gasteiger partial charge on any atom is -0.274 e. The summed E-state index contributed by atoms with van der Waals surface area (Å²) in [5.74, 6) is 0.539. The van der Waals surface area contributed by atoms with Gasteiger partial charge in [-0.3, -0.25) is 9.69 Å². The van der Waals surface area contributed by atoms with Crippen LogP contribution in [0.3, 0.4) is 0 Å². The predicted molar refractivity (Wildman–Crippen MR) is 134 cm³/mol. The first-order valence-corrected chi connectivity index (χ1v) is 12.4. The standard InChI is InChI=1S/C24H26N6OS2/c1-14-10-17(4)21(18(5)11-14)29(19(6)31)23-25-20(12-32-23)13-33-24-26-27-28-30(24)22-15(2)8-7-9-16(22)3/h7-12H,13H2,1-6H3. The Morgan fingerprint density at radius 1 is 1.06 bits per heavy atom. The number of nitrogens with zero attached hydrogens (tertiary/aromatic N) is 6. The number of rotatable bonds is 6. The van der Waals surface area contributed by atoms with Gasteiger partial charge < -0.3 is 0 Å². The molecule has 0 aliphatic heterocycles. The van der Waals surface area contributed by atoms with E-state index in [2.05, 4.69) is 60.6 Å². The van der Waals surface area contributed by atoms with Gasteiger partial charge in [-0.1, -0.05) is 47.7 Å². The van der Waals surface area contributed by atoms with E-state index in [0.717, 1.165) is 39.3 Å². The summed E-state index contributed by atoms with van der Waals surface area (Å²) in [4.78, 5) is 19.1. The van der Waals surface area contributed by atoms with E-state index in [9.17, 15) is 4.79 Å². The van der Waals surface area contributed by atoms with Crippen molar-refractivity contribution in [2.24, 2.45) is 0 Å². The minimum absolute atomic E-state index is 0.0578. The van der Waals surface area contributed by atoms with Gasteiger partial charge in [0.1, 0.15) is 0 Å². The molecule has 0 aliphatic carbocycles. The third kappa shape index (κ3) is 4.69. The lowest BCUT2D eigenvalue weighted by Crippen LogP contribution is -2.24. The Kier molecular flexibility index (Phi) is 6.62. The quantitative estimate of drug-likeness (QED) is 0.334. The number of carbonyl (C=O) groups excluding carboxylic acids is 1. The number of para-hydroxylation sites is 1. The first kappa shape index (κ1) is 23.1. The summed E-state index contributed by atoms with van der Waals surface area (Å²) >= 11 is 2.99. The first-order chi connectivity index (χ1) is 15.8. The number of thiazole rings is 1. The monoisotopic (exact) mass is 478 g/mol. The lowest BCUT2D eigenvalue weighted by atomic mass is 10.0. The Morgan fingerprint density at radius 3 is 2.36 bits per heavy atom. The van der Waals surface area contributed by atoms with Gasteiger partial charge in [-0.15, -0.1) is 16.4 Å². The molecule has 170 valence electrons. The van der Waals surface area contributed by atoms with Gasteiger partial charge in [0, 0.05) is 18.1 Å². The summed E-state index contributed by atoms with van der Waals surface area (Å²) in [5, 5.41) is 15.7. The second-order valence-electron chi connectivity index (χ2n) is 8.13. The zero-order valence-electron chi connectivity index (χ0n) is 19.6. The zero-order chi connectivity index (χ0) is 23.7. The molecule has 1 amide bonds. The third-order valence-electron chi connectivity index (χ3n) is 5.35. The Balaban J connectivity index is 1.58. The molecule has 0 saturated carbocycles. The minimum atomic E-state index is -0.0578. The summed E-state index contributed by atoms with van der Waals surface area (Å²) in [6.45, 7) is 11.8. The number of thioether (sulfide) groups is 1. The number of tetrazole rings is 1. The number of hydrogen-bond donors (Lipinski definition) is 0. The molecule has 0 bridgehead atoms. The highest BCUT2D eigenvalue weighted by Gasteiger charge is 2.22. The first-order valence-electron chi connectivity index (χ1n) is 10.6. The maximum atomic E-state index is 12.6. The van der Waals surface area contributed by atoms with Crippen LogP contribution in [0.1, 0.15) is 40.4 Å². The van der Waals surface area contributed by atoms with Gasteiger partial charge in [-0.25, -0.2) is 4.98 Å². The SMILES string of the molecule is CC(=O)N(c1nc(CSc2nnnn2-c2c(C)cccc2C)cs1)c1c(C)cc(C)cc1C. The average Bonchev–Trinajstić information content (AvgIpc) is 3.38. The topological polar surface area (TPSA) is 76.8 Å². The fourth-order valence-electron chi connectivity index (χ4n) is 4.07. The van der Waals surface area contributed by atoms with Gasteiger partial charge in [0.05, 0.1) is 17.1 Å². The van der Waals surface area contributed by atoms with E-state index in [1.54, 1.807) is 16.5 Å². The number of benzene rings is 2. The van der Waals surface area contributed by atoms with Gasteiger partial charge in [-0.2, -0.15) is 4.68 Å². The van der Waals surface area contributed by atoms with Gasteiger partial charge in [-0.05, 0) is 67.3 Å². The second kappa shape index (κ2) is 9.44. The van der Waals surface area contributed by atoms with Gasteiger partial charge in [0.25, 0.3) is 0 Å². The fraction of sp³-hybridized carbons (Fsp3) is 0.292. The number of aromatic nitrogens is 5. The van der Waals surface area contributed by atoms with Crippen molar-refractivity contribution in [1.82, 2.24) is 25.2 Å². The molecule has 4 rings (SSSR count). The highest BCUT2D eigenvalue weighted by molar-refractivity contribution is 7.98. The van der Waals surface area contributed by atoms with Crippen molar-refractivity contribution in [3.63, 3.8) is 0 Å². The number of carbonyl (C=O) groups is 1. The molecule has 0 N–H and O–H groups in total. The van der Waals surface area contributed by atoms with Gasteiger partial charge >= 0.3 is 0 Å². The maximum Gasteiger partial charge on any atom is 0.230 e. The van der Waals surface area contributed by atoms with Crippen LogP contribution in [0.5, 0.6) is 0 Å². The number of aryl methyl sites for hydroxylation is 5. The van der Waals surface area contributed by atoms with E-state index < -0.39 is 0 Å². The van der Waals surface area contributed by atoms with E-state index in [0.29, 0.717) is 16.0 Å². The van der Waals surface area contributed by atoms with Crippen LogP contribution in [0.15, 0.2) is 40.9 Å². The molecule has 0 atom stereocenters. The van der Waals surface area contributed by atoms with Crippen molar-refractivity contribution in [2.45, 2.75) is 52.5 Å². The number of anilines is 2. The van der Waals surface area contributed by atoms with Crippen molar-refractivity contribution in [2.75, 3.05) is 4.90 Å². The highest BCUT2D eigenvalue weighted by Crippen LogP contribution is 2.35. The van der Waals surface area contributed by atoms with Crippen molar-refractivity contribution < 1.29 is 4.79 Å². The molecule has 33 heavy (non-hydrogen) atoms. The van der Waals surface area contributed by atoms with E-state index in [1.807, 2.05) is 25.3 Å². The lowest BCUT2D eigenvalue weighted by Gasteiger charge is -2.23. The zero-order valence-corrected chi connectivity index (χ0v) is 21.2. The molecular formula is C24H26N6OS2. The molecule has 0 radical (unpaired) electrons. The molecule has 2 heterocycles. The van der Waals surface area contributed by atoms with Crippen molar-refractivity contribution in [1.29, 1.82) is 0 Å². The molecule has 2 aromatic carbocycles. The number of amides is 1. The summed E-state index contributed by atoms with van der Waals surface area (Å²) in [7, 11) is 0. The molecule has 0 spiro atoms. The van der Waals surface area contributed by atoms with E-state index in [4.69, 9.17) is 4.98 Å². The van der Waals surface area contributed by atoms with Crippen LogP contribution < -0.4 is 4.90 Å². The largest absolute Gasteiger partial charge is 0.274 e. The Hall–Kier alpha value is -3.04. The van der Waals surface area contributed by atoms with Crippen LogP contribution in [-0.4, -0.2) is 31.1 Å². The Morgan fingerprint density at radius 2 is 1.73 bits per heavy atom. The smallest absolute Gasteiger partial charge is 0.230 e. The van der Waals surface area contributed by atoms with Crippen LogP contribution in [0.2, 0.25) is 0 Å². The van der Waals surface area contributed by atoms with Crippen LogP contribution >= 0.6 is 23.1 Å². The molecule has 0 aliphatic rings. The molecule has 0 saturated heterocycles. The average molecular weight is 479 g/mol. The second-order valence-corrected chi connectivity index (χ2v) is 9.90. The Labute approximate surface area is 201 Å². The molecular weight excluding hydrogens is 452 g/mol. The highest BCUT2D eigenvalue weighted by atomic mass is 32.2. The molecule has 4 aromatic rings. The molecule has 0 unspecified atom stereocenters. The normalized spacial score (nSPS) is 11.1. The predicted octanol–water partition coefficient (Wildman–Crippen LogP) is 5.64. The van der Waals surface area contributed by atoms with Gasteiger partial charge in [0.15, 0.2) is 5.13 Å². The lowest BCUT2D eigenvalue weighted by molar-refractivity contribution is -0.115. The summed E-state index contributed by atoms with van der Waals surface area (Å²) in [6, 6.07) is 10.3. The molecule has 0 fully saturated rings. The van der Waals surface area contributed by atoms with E-state index >= 15 is 0 Å². The maximum absolute atomic E-state index is 12.6. The summed E-state index contributed by atoms with van der Waals surface area (Å²) in [5.41, 5.74) is 8.29. The van der Waals surface area contributed by atoms with Crippen molar-refractivity contribution >= 4 is 39.8 Å². The molecule has 7 nitrogen and oxygen atoms in total. The number of hydrogen-bond acceptors (Lipinski definition) is 7. The van der Waals surface area contributed by atoms with Crippen LogP contribution in [0, 0.1) is 34.6 Å². The van der Waals surface area contributed by atoms with Crippen molar-refractivity contribution in [3.8, 4) is 5.69 Å². The summed E-state index contributed by atoms with van der Waals surface area (Å²) in [6.07, 6.45) is 0. The fourth-order valence-corrected chi connectivity index (χ4v) is 5.81.